The van der Waals surface area contributed by atoms with Gasteiger partial charge in [-0.15, -0.1) is 13.2 Å². The van der Waals surface area contributed by atoms with Crippen molar-refractivity contribution in [2.24, 2.45) is 5.92 Å². The van der Waals surface area contributed by atoms with E-state index in [4.69, 9.17) is 0 Å². The minimum absolute atomic E-state index is 0.0903. The Balaban J connectivity index is 2.19. The van der Waals surface area contributed by atoms with Gasteiger partial charge in [0.25, 0.3) is 0 Å². The molecule has 0 aromatic heterocycles. The molecule has 0 saturated carbocycles. The predicted molar refractivity (Wildman–Crippen MR) is 141 cm³/mol. The Morgan fingerprint density at radius 3 is 2.39 bits per heavy atom. The zero-order chi connectivity index (χ0) is 26.5. The van der Waals surface area contributed by atoms with Crippen molar-refractivity contribution in [3.8, 4) is 0 Å². The molecule has 1 heterocycles. The first-order valence-corrected chi connectivity index (χ1v) is 12.7. The van der Waals surface area contributed by atoms with E-state index in [9.17, 15) is 19.2 Å². The van der Waals surface area contributed by atoms with Gasteiger partial charge in [-0.3, -0.25) is 19.2 Å². The van der Waals surface area contributed by atoms with E-state index in [1.807, 2.05) is 44.2 Å². The summed E-state index contributed by atoms with van der Waals surface area (Å²) in [5, 5.41) is 8.46. The van der Waals surface area contributed by atoms with Crippen molar-refractivity contribution in [3.05, 3.63) is 61.2 Å². The number of rotatable bonds is 14. The SMILES string of the molecule is C=CCCC(=O)N1CCC[C@H]1C(=O)N[C@H](Cc1ccccc1)C(=O)N[C@@H](CC(C)C)C(=O)NCC=C. The summed E-state index contributed by atoms with van der Waals surface area (Å²) in [7, 11) is 0. The van der Waals surface area contributed by atoms with Gasteiger partial charge in [0.2, 0.25) is 23.6 Å². The van der Waals surface area contributed by atoms with Gasteiger partial charge in [0.15, 0.2) is 0 Å². The van der Waals surface area contributed by atoms with Gasteiger partial charge in [0.05, 0.1) is 0 Å². The molecule has 1 aliphatic heterocycles. The van der Waals surface area contributed by atoms with Crippen LogP contribution < -0.4 is 16.0 Å². The maximum Gasteiger partial charge on any atom is 0.243 e. The summed E-state index contributed by atoms with van der Waals surface area (Å²) < 4.78 is 0. The van der Waals surface area contributed by atoms with E-state index in [0.717, 1.165) is 12.0 Å². The quantitative estimate of drug-likeness (QED) is 0.344. The van der Waals surface area contributed by atoms with Crippen LogP contribution in [0.25, 0.3) is 0 Å². The third kappa shape index (κ3) is 8.98. The number of nitrogens with zero attached hydrogens (tertiary/aromatic N) is 1. The molecule has 36 heavy (non-hydrogen) atoms. The van der Waals surface area contributed by atoms with Gasteiger partial charge in [0.1, 0.15) is 18.1 Å². The fourth-order valence-corrected chi connectivity index (χ4v) is 4.31. The second-order valence-electron chi connectivity index (χ2n) is 9.55. The molecular weight excluding hydrogens is 456 g/mol. The van der Waals surface area contributed by atoms with E-state index in [1.165, 1.54) is 0 Å². The van der Waals surface area contributed by atoms with E-state index < -0.39 is 24.0 Å². The Bertz CT molecular complexity index is 915. The molecule has 8 nitrogen and oxygen atoms in total. The van der Waals surface area contributed by atoms with E-state index in [0.29, 0.717) is 38.8 Å². The minimum atomic E-state index is -0.896. The first-order valence-electron chi connectivity index (χ1n) is 12.7. The first-order chi connectivity index (χ1) is 17.3. The Hall–Kier alpha value is -3.42. The van der Waals surface area contributed by atoms with Gasteiger partial charge in [-0.2, -0.15) is 0 Å². The molecule has 3 N–H and O–H groups in total. The van der Waals surface area contributed by atoms with Gasteiger partial charge in [-0.1, -0.05) is 56.3 Å². The molecule has 3 atom stereocenters. The number of carbonyl (C=O) groups is 4. The molecule has 0 bridgehead atoms. The molecule has 1 fully saturated rings. The predicted octanol–water partition coefficient (Wildman–Crippen LogP) is 2.50. The zero-order valence-corrected chi connectivity index (χ0v) is 21.5. The summed E-state index contributed by atoms with van der Waals surface area (Å²) >= 11 is 0. The molecule has 1 aliphatic rings. The summed E-state index contributed by atoms with van der Waals surface area (Å²) in [6.07, 6.45) is 6.11. The molecular formula is C28H40N4O4. The third-order valence-electron chi connectivity index (χ3n) is 6.11. The molecule has 196 valence electrons. The maximum atomic E-state index is 13.4. The van der Waals surface area contributed by atoms with E-state index in [-0.39, 0.29) is 30.1 Å². The molecule has 0 aliphatic carbocycles. The smallest absolute Gasteiger partial charge is 0.243 e. The van der Waals surface area contributed by atoms with Gasteiger partial charge < -0.3 is 20.9 Å². The molecule has 1 aromatic rings. The third-order valence-corrected chi connectivity index (χ3v) is 6.11. The highest BCUT2D eigenvalue weighted by molar-refractivity contribution is 5.94. The van der Waals surface area contributed by atoms with Crippen LogP contribution in [0.3, 0.4) is 0 Å². The van der Waals surface area contributed by atoms with Crippen molar-refractivity contribution in [1.29, 1.82) is 0 Å². The summed E-state index contributed by atoms with van der Waals surface area (Å²) in [4.78, 5) is 53.6. The first kappa shape index (κ1) is 28.8. The van der Waals surface area contributed by atoms with Crippen LogP contribution in [-0.2, 0) is 25.6 Å². The number of benzene rings is 1. The van der Waals surface area contributed by atoms with E-state index in [1.54, 1.807) is 17.1 Å². The Morgan fingerprint density at radius 1 is 1.03 bits per heavy atom. The van der Waals surface area contributed by atoms with Crippen LogP contribution >= 0.6 is 0 Å². The van der Waals surface area contributed by atoms with Crippen LogP contribution in [0.2, 0.25) is 0 Å². The van der Waals surface area contributed by atoms with Crippen molar-refractivity contribution < 1.29 is 19.2 Å². The van der Waals surface area contributed by atoms with Crippen LogP contribution in [-0.4, -0.2) is 59.7 Å². The zero-order valence-electron chi connectivity index (χ0n) is 21.5. The van der Waals surface area contributed by atoms with Gasteiger partial charge in [-0.25, -0.2) is 0 Å². The van der Waals surface area contributed by atoms with Crippen LogP contribution in [0.1, 0.15) is 51.5 Å². The van der Waals surface area contributed by atoms with Gasteiger partial charge >= 0.3 is 0 Å². The largest absolute Gasteiger partial charge is 0.351 e. The van der Waals surface area contributed by atoms with Crippen LogP contribution in [0, 0.1) is 5.92 Å². The van der Waals surface area contributed by atoms with E-state index in [2.05, 4.69) is 29.1 Å². The lowest BCUT2D eigenvalue weighted by Crippen LogP contribution is -2.57. The van der Waals surface area contributed by atoms with Crippen molar-refractivity contribution in [1.82, 2.24) is 20.9 Å². The van der Waals surface area contributed by atoms with Crippen molar-refractivity contribution >= 4 is 23.6 Å². The summed E-state index contributed by atoms with van der Waals surface area (Å²) in [6, 6.07) is 7.14. The molecule has 0 spiro atoms. The second kappa shape index (κ2) is 14.9. The fourth-order valence-electron chi connectivity index (χ4n) is 4.31. The lowest BCUT2D eigenvalue weighted by atomic mass is 10.0. The Kier molecular flexibility index (Phi) is 11.9. The van der Waals surface area contributed by atoms with Crippen molar-refractivity contribution in [3.63, 3.8) is 0 Å². The second-order valence-corrected chi connectivity index (χ2v) is 9.55. The highest BCUT2D eigenvalue weighted by atomic mass is 16.2. The Morgan fingerprint density at radius 2 is 1.75 bits per heavy atom. The molecule has 1 aromatic carbocycles. The number of nitrogens with one attached hydrogen (secondary N) is 3. The molecule has 1 saturated heterocycles. The molecule has 4 amide bonds. The number of carbonyl (C=O) groups excluding carboxylic acids is 4. The number of likely N-dealkylation sites (tertiary alicyclic amines) is 1. The topological polar surface area (TPSA) is 108 Å². The summed E-state index contributed by atoms with van der Waals surface area (Å²) in [5.74, 6) is -1.01. The highest BCUT2D eigenvalue weighted by Crippen LogP contribution is 2.19. The van der Waals surface area contributed by atoms with E-state index >= 15 is 0 Å². The maximum absolute atomic E-state index is 13.4. The summed E-state index contributed by atoms with van der Waals surface area (Å²) in [6.45, 7) is 12.0. The van der Waals surface area contributed by atoms with Crippen molar-refractivity contribution in [2.75, 3.05) is 13.1 Å². The number of amides is 4. The van der Waals surface area contributed by atoms with Crippen LogP contribution in [0.4, 0.5) is 0 Å². The molecule has 0 radical (unpaired) electrons. The molecule has 8 heteroatoms. The normalized spacial score (nSPS) is 16.6. The highest BCUT2D eigenvalue weighted by Gasteiger charge is 2.36. The lowest BCUT2D eigenvalue weighted by Gasteiger charge is -2.28. The van der Waals surface area contributed by atoms with Gasteiger partial charge in [0, 0.05) is 25.9 Å². The average molecular weight is 497 g/mol. The fraction of sp³-hybridized carbons (Fsp3) is 0.500. The molecule has 2 rings (SSSR count). The van der Waals surface area contributed by atoms with Gasteiger partial charge in [-0.05, 0) is 37.2 Å². The standard InChI is InChI=1S/C28H40N4O4/c1-5-7-15-25(33)32-17-11-14-24(32)28(36)31-23(19-21-12-9-8-10-13-21)27(35)30-22(18-20(3)4)26(34)29-16-6-2/h5-6,8-10,12-13,20,22-24H,1-2,7,11,14-19H2,3-4H3,(H,29,34)(H,30,35)(H,31,36)/t22-,23+,24-/m0/s1. The minimum Gasteiger partial charge on any atom is -0.351 e. The summed E-state index contributed by atoms with van der Waals surface area (Å²) in [5.41, 5.74) is 0.875. The van der Waals surface area contributed by atoms with Crippen molar-refractivity contribution in [2.45, 2.75) is 70.5 Å². The Labute approximate surface area is 214 Å². The monoisotopic (exact) mass is 496 g/mol. The number of hydrogen-bond donors (Lipinski definition) is 3. The number of hydrogen-bond acceptors (Lipinski definition) is 4. The molecule has 0 unspecified atom stereocenters. The van der Waals surface area contributed by atoms with Crippen LogP contribution in [0.5, 0.6) is 0 Å². The lowest BCUT2D eigenvalue weighted by molar-refractivity contribution is -0.139. The average Bonchev–Trinajstić information content (AvgIpc) is 3.35. The number of allylic oxidation sites excluding steroid dienone is 1. The van der Waals surface area contributed by atoms with Crippen LogP contribution in [0.15, 0.2) is 55.6 Å².